The lowest BCUT2D eigenvalue weighted by molar-refractivity contribution is 0.628. The van der Waals surface area contributed by atoms with Crippen LogP contribution in [0.25, 0.3) is 0 Å². The molecule has 0 amide bonds. The number of hydrogen-bond acceptors (Lipinski definition) is 1. The van der Waals surface area contributed by atoms with Crippen molar-refractivity contribution >= 4 is 0 Å². The van der Waals surface area contributed by atoms with Crippen LogP contribution in [-0.4, -0.2) is 0 Å². The summed E-state index contributed by atoms with van der Waals surface area (Å²) >= 11 is 0. The minimum absolute atomic E-state index is 0.144. The molecule has 0 fully saturated rings. The van der Waals surface area contributed by atoms with E-state index in [1.807, 2.05) is 0 Å². The minimum Gasteiger partial charge on any atom is -0.198 e. The first kappa shape index (κ1) is 11.2. The Morgan fingerprint density at radius 3 is 3.06 bits per heavy atom. The first-order valence-corrected chi connectivity index (χ1v) is 6.37. The molecule has 0 saturated carbocycles. The van der Waals surface area contributed by atoms with Gasteiger partial charge in [-0.3, -0.25) is 0 Å². The minimum atomic E-state index is 0.144. The van der Waals surface area contributed by atoms with E-state index >= 15 is 0 Å². The predicted molar refractivity (Wildman–Crippen MR) is 66.3 cm³/mol. The molecule has 0 aliphatic heterocycles. The summed E-state index contributed by atoms with van der Waals surface area (Å²) in [6.45, 7) is 2.23. The molecule has 0 aromatic heterocycles. The fraction of sp³-hybridized carbons (Fsp3) is 0.533. The molecule has 0 heterocycles. The highest BCUT2D eigenvalue weighted by atomic mass is 14.3. The molecule has 0 spiro atoms. The Hall–Kier alpha value is -1.29. The van der Waals surface area contributed by atoms with Crippen LogP contribution in [0.3, 0.4) is 0 Å². The number of hydrogen-bond donors (Lipinski definition) is 0. The van der Waals surface area contributed by atoms with Crippen LogP contribution in [-0.2, 0) is 12.8 Å². The quantitative estimate of drug-likeness (QED) is 0.745. The fourth-order valence-corrected chi connectivity index (χ4v) is 2.66. The number of unbranched alkanes of at least 4 members (excludes halogenated alkanes) is 1. The van der Waals surface area contributed by atoms with Gasteiger partial charge in [-0.2, -0.15) is 5.26 Å². The van der Waals surface area contributed by atoms with Crippen LogP contribution in [0.5, 0.6) is 0 Å². The molecule has 1 aliphatic carbocycles. The molecular formula is C15H19N. The number of aryl methyl sites for hydroxylation is 1. The van der Waals surface area contributed by atoms with Crippen LogP contribution < -0.4 is 0 Å². The smallest absolute Gasteiger partial charge is 0.0715 e. The molecule has 0 N–H and O–H groups in total. The zero-order valence-electron chi connectivity index (χ0n) is 10.00. The average molecular weight is 213 g/mol. The van der Waals surface area contributed by atoms with Crippen LogP contribution in [0.2, 0.25) is 0 Å². The van der Waals surface area contributed by atoms with Crippen molar-refractivity contribution in [2.45, 2.75) is 51.4 Å². The van der Waals surface area contributed by atoms with Crippen molar-refractivity contribution in [2.24, 2.45) is 0 Å². The largest absolute Gasteiger partial charge is 0.198 e. The van der Waals surface area contributed by atoms with Crippen LogP contribution in [0.1, 0.15) is 55.2 Å². The summed E-state index contributed by atoms with van der Waals surface area (Å²) in [6.07, 6.45) is 7.07. The van der Waals surface area contributed by atoms with E-state index in [1.54, 1.807) is 0 Å². The molecule has 0 bridgehead atoms. The van der Waals surface area contributed by atoms with Gasteiger partial charge in [0.05, 0.1) is 12.0 Å². The molecule has 1 heteroatoms. The maximum Gasteiger partial charge on any atom is 0.0715 e. The molecule has 1 aliphatic rings. The maximum absolute atomic E-state index is 9.15. The van der Waals surface area contributed by atoms with Gasteiger partial charge in [0.15, 0.2) is 0 Å². The Labute approximate surface area is 98.1 Å². The van der Waals surface area contributed by atoms with Gasteiger partial charge >= 0.3 is 0 Å². The number of nitriles is 1. The van der Waals surface area contributed by atoms with E-state index in [4.69, 9.17) is 5.26 Å². The highest BCUT2D eigenvalue weighted by Crippen LogP contribution is 2.33. The topological polar surface area (TPSA) is 23.8 Å². The van der Waals surface area contributed by atoms with Crippen molar-refractivity contribution < 1.29 is 0 Å². The second-order valence-electron chi connectivity index (χ2n) is 4.66. The summed E-state index contributed by atoms with van der Waals surface area (Å²) < 4.78 is 0. The van der Waals surface area contributed by atoms with Gasteiger partial charge in [-0.1, -0.05) is 31.5 Å². The Bertz CT molecular complexity index is 400. The monoisotopic (exact) mass is 213 g/mol. The van der Waals surface area contributed by atoms with Crippen LogP contribution in [0.15, 0.2) is 18.2 Å². The number of benzene rings is 1. The SMILES string of the molecule is CCCCc1cccc2c1CCCC2C#N. The van der Waals surface area contributed by atoms with Crippen LogP contribution >= 0.6 is 0 Å². The van der Waals surface area contributed by atoms with Crippen molar-refractivity contribution in [3.63, 3.8) is 0 Å². The van der Waals surface area contributed by atoms with E-state index in [1.165, 1.54) is 48.8 Å². The first-order chi connectivity index (χ1) is 7.86. The van der Waals surface area contributed by atoms with Gasteiger partial charge in [0.25, 0.3) is 0 Å². The van der Waals surface area contributed by atoms with Gasteiger partial charge in [-0.15, -0.1) is 0 Å². The molecule has 16 heavy (non-hydrogen) atoms. The Kier molecular flexibility index (Phi) is 3.62. The van der Waals surface area contributed by atoms with E-state index in [0.717, 1.165) is 6.42 Å². The third-order valence-electron chi connectivity index (χ3n) is 3.56. The molecule has 1 unspecified atom stereocenters. The van der Waals surface area contributed by atoms with Crippen molar-refractivity contribution in [3.05, 3.63) is 34.9 Å². The van der Waals surface area contributed by atoms with E-state index in [-0.39, 0.29) is 5.92 Å². The summed E-state index contributed by atoms with van der Waals surface area (Å²) in [5.74, 6) is 0.144. The van der Waals surface area contributed by atoms with Crippen molar-refractivity contribution in [3.8, 4) is 6.07 Å². The summed E-state index contributed by atoms with van der Waals surface area (Å²) in [5, 5.41) is 9.15. The lowest BCUT2D eigenvalue weighted by Gasteiger charge is -2.23. The standard InChI is InChI=1S/C15H19N/c1-2-3-6-12-7-4-10-15-13(11-16)8-5-9-14(12)15/h4,7,10,13H,2-3,5-6,8-9H2,1H3. The number of rotatable bonds is 3. The molecule has 1 aromatic rings. The highest BCUT2D eigenvalue weighted by Gasteiger charge is 2.21. The molecule has 2 rings (SSSR count). The van der Waals surface area contributed by atoms with Gasteiger partial charge in [0.2, 0.25) is 0 Å². The van der Waals surface area contributed by atoms with Crippen molar-refractivity contribution in [2.75, 3.05) is 0 Å². The van der Waals surface area contributed by atoms with Crippen molar-refractivity contribution in [1.29, 1.82) is 5.26 Å². The Morgan fingerprint density at radius 1 is 1.44 bits per heavy atom. The van der Waals surface area contributed by atoms with Crippen LogP contribution in [0, 0.1) is 11.3 Å². The third-order valence-corrected chi connectivity index (χ3v) is 3.56. The number of fused-ring (bicyclic) bond motifs is 1. The number of nitrogens with zero attached hydrogens (tertiary/aromatic N) is 1. The lowest BCUT2D eigenvalue weighted by Crippen LogP contribution is -2.10. The predicted octanol–water partition coefficient (Wildman–Crippen LogP) is 3.97. The molecule has 0 saturated heterocycles. The molecular weight excluding hydrogens is 194 g/mol. The molecule has 84 valence electrons. The first-order valence-electron chi connectivity index (χ1n) is 6.37. The third kappa shape index (κ3) is 2.11. The Balaban J connectivity index is 2.32. The molecule has 1 nitrogen and oxygen atoms in total. The normalized spacial score (nSPS) is 18.9. The van der Waals surface area contributed by atoms with E-state index in [9.17, 15) is 0 Å². The van der Waals surface area contributed by atoms with Gasteiger partial charge in [0.1, 0.15) is 0 Å². The highest BCUT2D eigenvalue weighted by molar-refractivity contribution is 5.41. The van der Waals surface area contributed by atoms with Gasteiger partial charge < -0.3 is 0 Å². The van der Waals surface area contributed by atoms with E-state index in [2.05, 4.69) is 31.2 Å². The molecule has 1 atom stereocenters. The molecule has 0 radical (unpaired) electrons. The second-order valence-corrected chi connectivity index (χ2v) is 4.66. The summed E-state index contributed by atoms with van der Waals surface area (Å²) in [4.78, 5) is 0. The zero-order valence-corrected chi connectivity index (χ0v) is 10.00. The van der Waals surface area contributed by atoms with Crippen LogP contribution in [0.4, 0.5) is 0 Å². The second kappa shape index (κ2) is 5.16. The van der Waals surface area contributed by atoms with E-state index < -0.39 is 0 Å². The van der Waals surface area contributed by atoms with E-state index in [0.29, 0.717) is 0 Å². The average Bonchev–Trinajstić information content (AvgIpc) is 2.35. The van der Waals surface area contributed by atoms with Gasteiger partial charge in [0, 0.05) is 0 Å². The summed E-state index contributed by atoms with van der Waals surface area (Å²) in [5.41, 5.74) is 4.27. The Morgan fingerprint density at radius 2 is 2.31 bits per heavy atom. The molecule has 1 aromatic carbocycles. The van der Waals surface area contributed by atoms with Gasteiger partial charge in [-0.25, -0.2) is 0 Å². The lowest BCUT2D eigenvalue weighted by atomic mass is 9.80. The van der Waals surface area contributed by atoms with Crippen molar-refractivity contribution in [1.82, 2.24) is 0 Å². The maximum atomic E-state index is 9.15. The fourth-order valence-electron chi connectivity index (χ4n) is 2.66. The summed E-state index contributed by atoms with van der Waals surface area (Å²) in [7, 11) is 0. The van der Waals surface area contributed by atoms with Gasteiger partial charge in [-0.05, 0) is 48.8 Å². The zero-order chi connectivity index (χ0) is 11.4. The summed E-state index contributed by atoms with van der Waals surface area (Å²) in [6, 6.07) is 8.96.